The van der Waals surface area contributed by atoms with E-state index in [1.165, 1.54) is 0 Å². The van der Waals surface area contributed by atoms with Gasteiger partial charge in [-0.05, 0) is 0 Å². The van der Waals surface area contributed by atoms with Gasteiger partial charge in [0.15, 0.2) is 12.6 Å². The summed E-state index contributed by atoms with van der Waals surface area (Å²) in [5.74, 6) is 0. The molecular formula is C18H34O16. The van der Waals surface area contributed by atoms with Crippen LogP contribution in [0, 0.1) is 0 Å². The van der Waals surface area contributed by atoms with Crippen molar-refractivity contribution in [3.63, 3.8) is 0 Å². The zero-order valence-corrected chi connectivity index (χ0v) is 17.9. The third-order valence-corrected chi connectivity index (χ3v) is 5.70. The van der Waals surface area contributed by atoms with Crippen LogP contribution in [0.2, 0.25) is 0 Å². The average molecular weight is 506 g/mol. The molecule has 14 atom stereocenters. The molecule has 0 saturated carbocycles. The molecule has 202 valence electrons. The minimum atomic E-state index is -2.03. The van der Waals surface area contributed by atoms with Gasteiger partial charge in [-0.3, -0.25) is 0 Å². The summed E-state index contributed by atoms with van der Waals surface area (Å²) < 4.78 is 20.3. The molecule has 0 bridgehead atoms. The first-order chi connectivity index (χ1) is 15.9. The van der Waals surface area contributed by atoms with Gasteiger partial charge >= 0.3 is 0 Å². The molecule has 2 saturated heterocycles. The predicted octanol–water partition coefficient (Wildman–Crippen LogP) is -7.94. The first kappa shape index (κ1) is 29.6. The largest absolute Gasteiger partial charge is 0.394 e. The highest BCUT2D eigenvalue weighted by Gasteiger charge is 2.46. The summed E-state index contributed by atoms with van der Waals surface area (Å²) in [7, 11) is 0. The van der Waals surface area contributed by atoms with Gasteiger partial charge in [0.1, 0.15) is 73.2 Å². The zero-order chi connectivity index (χ0) is 25.7. The van der Waals surface area contributed by atoms with Crippen molar-refractivity contribution in [2.24, 2.45) is 0 Å². The van der Waals surface area contributed by atoms with Crippen LogP contribution in [0.4, 0.5) is 0 Å². The lowest BCUT2D eigenvalue weighted by Gasteiger charge is -2.40. The molecule has 0 aromatic heterocycles. The molecule has 0 aromatic rings. The molecular weight excluding hydrogens is 472 g/mol. The molecule has 14 unspecified atom stereocenters. The summed E-state index contributed by atoms with van der Waals surface area (Å²) >= 11 is 0. The highest BCUT2D eigenvalue weighted by atomic mass is 16.7. The van der Waals surface area contributed by atoms with E-state index in [4.69, 9.17) is 29.2 Å². The minimum Gasteiger partial charge on any atom is -0.394 e. The van der Waals surface area contributed by atoms with Crippen LogP contribution in [0.25, 0.3) is 0 Å². The Morgan fingerprint density at radius 3 is 1.15 bits per heavy atom. The molecule has 0 radical (unpaired) electrons. The fourth-order valence-electron chi connectivity index (χ4n) is 3.45. The smallest absolute Gasteiger partial charge is 0.186 e. The fourth-order valence-corrected chi connectivity index (χ4v) is 3.45. The zero-order valence-electron chi connectivity index (χ0n) is 17.9. The van der Waals surface area contributed by atoms with E-state index < -0.39 is 112 Å². The number of aliphatic hydroxyl groups is 12. The van der Waals surface area contributed by atoms with Gasteiger partial charge in [0.05, 0.1) is 26.4 Å². The van der Waals surface area contributed by atoms with Crippen LogP contribution >= 0.6 is 0 Å². The maximum absolute atomic E-state index is 10.1. The minimum absolute atomic E-state index is 0.713. The molecule has 0 amide bonds. The van der Waals surface area contributed by atoms with Crippen LogP contribution < -0.4 is 0 Å². The van der Waals surface area contributed by atoms with Crippen molar-refractivity contribution < 1.29 is 80.2 Å². The van der Waals surface area contributed by atoms with Crippen LogP contribution in [0.15, 0.2) is 0 Å². The lowest BCUT2D eigenvalue weighted by atomic mass is 9.99. The molecule has 16 heteroatoms. The Labute approximate surface area is 193 Å². The van der Waals surface area contributed by atoms with E-state index in [0.29, 0.717) is 0 Å². The van der Waals surface area contributed by atoms with Gasteiger partial charge in [-0.1, -0.05) is 0 Å². The monoisotopic (exact) mass is 506 g/mol. The second kappa shape index (κ2) is 13.1. The Morgan fingerprint density at radius 1 is 0.529 bits per heavy atom. The SMILES string of the molecule is OCC1OC(OCC(O)C(O)C(O)C(O)COC2OC(CO)C(O)C(O)C2O)C(O)C(O)C1O. The Balaban J connectivity index is 1.84. The molecule has 0 spiro atoms. The Bertz CT molecular complexity index is 544. The van der Waals surface area contributed by atoms with E-state index in [-0.39, 0.29) is 0 Å². The first-order valence-electron chi connectivity index (χ1n) is 10.5. The van der Waals surface area contributed by atoms with Crippen molar-refractivity contribution >= 4 is 0 Å². The van der Waals surface area contributed by atoms with E-state index in [1.807, 2.05) is 0 Å². The van der Waals surface area contributed by atoms with Crippen LogP contribution in [0.1, 0.15) is 0 Å². The molecule has 2 rings (SSSR count). The third kappa shape index (κ3) is 6.77. The summed E-state index contributed by atoms with van der Waals surface area (Å²) in [4.78, 5) is 0. The number of aliphatic hydroxyl groups excluding tert-OH is 12. The van der Waals surface area contributed by atoms with Gasteiger partial charge in [0.2, 0.25) is 0 Å². The quantitative estimate of drug-likeness (QED) is 0.124. The molecule has 16 nitrogen and oxygen atoms in total. The molecule has 2 heterocycles. The van der Waals surface area contributed by atoms with Crippen LogP contribution in [0.3, 0.4) is 0 Å². The molecule has 12 N–H and O–H groups in total. The van der Waals surface area contributed by atoms with Crippen molar-refractivity contribution in [2.75, 3.05) is 26.4 Å². The van der Waals surface area contributed by atoms with E-state index in [0.717, 1.165) is 0 Å². The number of rotatable bonds is 11. The number of hydrogen-bond donors (Lipinski definition) is 12. The summed E-state index contributed by atoms with van der Waals surface area (Å²) in [6, 6.07) is 0. The standard InChI is InChI=1S/C18H34O16/c19-1-7-11(25)13(27)15(29)17(33-7)31-3-5(21)9(23)10(24)6(22)4-32-18-16(30)14(28)12(26)8(2-20)34-18/h5-30H,1-4H2. The highest BCUT2D eigenvalue weighted by molar-refractivity contribution is 4.90. The molecule has 2 fully saturated rings. The van der Waals surface area contributed by atoms with Crippen LogP contribution in [-0.2, 0) is 18.9 Å². The summed E-state index contributed by atoms with van der Waals surface area (Å²) in [6.45, 7) is -2.98. The van der Waals surface area contributed by atoms with Gasteiger partial charge in [-0.15, -0.1) is 0 Å². The van der Waals surface area contributed by atoms with Gasteiger partial charge in [-0.2, -0.15) is 0 Å². The average Bonchev–Trinajstić information content (AvgIpc) is 2.83. The molecule has 0 aliphatic carbocycles. The Kier molecular flexibility index (Phi) is 11.4. The summed E-state index contributed by atoms with van der Waals surface area (Å²) in [5.41, 5.74) is 0. The van der Waals surface area contributed by atoms with E-state index >= 15 is 0 Å². The fraction of sp³-hybridized carbons (Fsp3) is 1.00. The molecule has 34 heavy (non-hydrogen) atoms. The van der Waals surface area contributed by atoms with E-state index in [1.54, 1.807) is 0 Å². The third-order valence-electron chi connectivity index (χ3n) is 5.70. The maximum Gasteiger partial charge on any atom is 0.186 e. The van der Waals surface area contributed by atoms with Gasteiger partial charge in [0.25, 0.3) is 0 Å². The van der Waals surface area contributed by atoms with E-state index in [2.05, 4.69) is 0 Å². The second-order valence-corrected chi connectivity index (χ2v) is 8.18. The molecule has 2 aliphatic rings. The normalized spacial score (nSPS) is 42.7. The van der Waals surface area contributed by atoms with Crippen molar-refractivity contribution in [3.8, 4) is 0 Å². The molecule has 2 aliphatic heterocycles. The van der Waals surface area contributed by atoms with Crippen LogP contribution in [-0.4, -0.2) is 174 Å². The van der Waals surface area contributed by atoms with Crippen LogP contribution in [0.5, 0.6) is 0 Å². The van der Waals surface area contributed by atoms with E-state index in [9.17, 15) is 51.1 Å². The topological polar surface area (TPSA) is 280 Å². The Hall–Kier alpha value is -0.640. The maximum atomic E-state index is 10.1. The predicted molar refractivity (Wildman–Crippen MR) is 103 cm³/mol. The summed E-state index contributed by atoms with van der Waals surface area (Å²) in [6.07, 6.45) is -23.8. The lowest BCUT2D eigenvalue weighted by molar-refractivity contribution is -0.309. The van der Waals surface area contributed by atoms with Gasteiger partial charge in [-0.25, -0.2) is 0 Å². The lowest BCUT2D eigenvalue weighted by Crippen LogP contribution is -2.60. The first-order valence-corrected chi connectivity index (χ1v) is 10.5. The molecule has 0 aromatic carbocycles. The highest BCUT2D eigenvalue weighted by Crippen LogP contribution is 2.24. The van der Waals surface area contributed by atoms with Gasteiger partial charge in [0, 0.05) is 0 Å². The number of ether oxygens (including phenoxy) is 4. The van der Waals surface area contributed by atoms with Crippen molar-refractivity contribution in [2.45, 2.75) is 85.8 Å². The number of hydrogen-bond acceptors (Lipinski definition) is 16. The Morgan fingerprint density at radius 2 is 0.853 bits per heavy atom. The van der Waals surface area contributed by atoms with Crippen molar-refractivity contribution in [3.05, 3.63) is 0 Å². The van der Waals surface area contributed by atoms with Crippen molar-refractivity contribution in [1.29, 1.82) is 0 Å². The van der Waals surface area contributed by atoms with Gasteiger partial charge < -0.3 is 80.2 Å². The second-order valence-electron chi connectivity index (χ2n) is 8.18. The summed E-state index contributed by atoms with van der Waals surface area (Å²) in [5, 5.41) is 117. The van der Waals surface area contributed by atoms with Crippen molar-refractivity contribution in [1.82, 2.24) is 0 Å².